The number of rotatable bonds is 23. The molecule has 0 unspecified atom stereocenters. The molecule has 0 saturated carbocycles. The van der Waals surface area contributed by atoms with Gasteiger partial charge in [0, 0.05) is 12.8 Å². The lowest BCUT2D eigenvalue weighted by Crippen LogP contribution is -2.07. The van der Waals surface area contributed by atoms with Crippen LogP contribution in [0.4, 0.5) is 0 Å². The minimum absolute atomic E-state index is 0.196. The summed E-state index contributed by atoms with van der Waals surface area (Å²) in [5.41, 5.74) is 0. The molecule has 0 aliphatic carbocycles. The number of hydrogen-bond donors (Lipinski definition) is 1. The molecule has 0 rings (SSSR count). The van der Waals surface area contributed by atoms with Crippen molar-refractivity contribution in [3.05, 3.63) is 0 Å². The average Bonchev–Trinajstić information content (AvgIpc) is 2.69. The van der Waals surface area contributed by atoms with Gasteiger partial charge in [-0.3, -0.25) is 4.79 Å². The highest BCUT2D eigenvalue weighted by atomic mass is 16.3. The van der Waals surface area contributed by atoms with Crippen LogP contribution < -0.4 is 0 Å². The molecule has 0 aromatic heterocycles. The number of carbonyl (C=O) groups excluding carboxylic acids is 1. The van der Waals surface area contributed by atoms with Crippen LogP contribution in [0, 0.1) is 0 Å². The molecule has 0 aliphatic rings. The van der Waals surface area contributed by atoms with Crippen molar-refractivity contribution in [2.24, 2.45) is 0 Å². The maximum absolute atomic E-state index is 11.9. The third-order valence-electron chi connectivity index (χ3n) is 5.94. The van der Waals surface area contributed by atoms with Gasteiger partial charge in [-0.05, 0) is 25.7 Å². The molecule has 1 N–H and O–H groups in total. The summed E-state index contributed by atoms with van der Waals surface area (Å²) in [6, 6.07) is 0. The zero-order valence-corrected chi connectivity index (χ0v) is 19.5. The van der Waals surface area contributed by atoms with Gasteiger partial charge in [-0.1, -0.05) is 117 Å². The number of aliphatic hydroxyl groups is 1. The van der Waals surface area contributed by atoms with Crippen molar-refractivity contribution in [1.29, 1.82) is 0 Å². The monoisotopic (exact) mass is 396 g/mol. The summed E-state index contributed by atoms with van der Waals surface area (Å²) < 4.78 is 0. The Morgan fingerprint density at radius 3 is 1.36 bits per heavy atom. The topological polar surface area (TPSA) is 37.3 Å². The van der Waals surface area contributed by atoms with Crippen LogP contribution in [-0.2, 0) is 4.79 Å². The molecule has 0 amide bonds. The normalized spacial score (nSPS) is 12.4. The Bertz CT molecular complexity index is 314. The van der Waals surface area contributed by atoms with E-state index >= 15 is 0 Å². The second-order valence-electron chi connectivity index (χ2n) is 8.93. The Morgan fingerprint density at radius 2 is 0.893 bits per heavy atom. The first-order valence-electron chi connectivity index (χ1n) is 12.9. The van der Waals surface area contributed by atoms with E-state index in [1.807, 2.05) is 0 Å². The average molecular weight is 397 g/mol. The van der Waals surface area contributed by atoms with Gasteiger partial charge in [0.2, 0.25) is 0 Å². The quantitative estimate of drug-likeness (QED) is 0.176. The minimum atomic E-state index is -0.196. The lowest BCUT2D eigenvalue weighted by molar-refractivity contribution is -0.119. The van der Waals surface area contributed by atoms with Gasteiger partial charge in [-0.15, -0.1) is 0 Å². The van der Waals surface area contributed by atoms with Crippen molar-refractivity contribution in [2.75, 3.05) is 0 Å². The van der Waals surface area contributed by atoms with Crippen molar-refractivity contribution >= 4 is 5.78 Å². The van der Waals surface area contributed by atoms with E-state index in [4.69, 9.17) is 0 Å². The molecule has 168 valence electrons. The van der Waals surface area contributed by atoms with Crippen molar-refractivity contribution in [2.45, 2.75) is 161 Å². The lowest BCUT2D eigenvalue weighted by atomic mass is 10.0. The number of hydrogen-bond acceptors (Lipinski definition) is 2. The van der Waals surface area contributed by atoms with Crippen LogP contribution in [0.5, 0.6) is 0 Å². The maximum atomic E-state index is 11.9. The van der Waals surface area contributed by atoms with E-state index in [0.717, 1.165) is 44.9 Å². The van der Waals surface area contributed by atoms with Gasteiger partial charge in [-0.25, -0.2) is 0 Å². The lowest BCUT2D eigenvalue weighted by Gasteiger charge is -2.09. The number of Topliss-reactive ketones (excluding diaryl/α,β-unsaturated/α-hetero) is 1. The van der Waals surface area contributed by atoms with Crippen LogP contribution in [-0.4, -0.2) is 17.0 Å². The molecule has 0 radical (unpaired) electrons. The number of aliphatic hydroxyl groups excluding tert-OH is 1. The summed E-state index contributed by atoms with van der Waals surface area (Å²) >= 11 is 0. The molecule has 0 bridgehead atoms. The highest BCUT2D eigenvalue weighted by Crippen LogP contribution is 2.14. The van der Waals surface area contributed by atoms with E-state index in [1.165, 1.54) is 89.9 Å². The largest absolute Gasteiger partial charge is 0.393 e. The molecule has 0 heterocycles. The molecule has 0 aliphatic heterocycles. The van der Waals surface area contributed by atoms with Crippen molar-refractivity contribution < 1.29 is 9.90 Å². The van der Waals surface area contributed by atoms with E-state index < -0.39 is 0 Å². The fraction of sp³-hybridized carbons (Fsp3) is 0.962. The van der Waals surface area contributed by atoms with E-state index in [0.29, 0.717) is 12.2 Å². The van der Waals surface area contributed by atoms with Gasteiger partial charge in [-0.2, -0.15) is 0 Å². The Morgan fingerprint density at radius 1 is 0.536 bits per heavy atom. The van der Waals surface area contributed by atoms with Crippen molar-refractivity contribution in [1.82, 2.24) is 0 Å². The third kappa shape index (κ3) is 21.9. The standard InChI is InChI=1S/C26H52O2/c1-3-5-7-8-9-10-11-12-13-14-15-16-17-18-19-22-26(28)24-20-23-25(27)21-6-4-2/h25,27H,3-24H2,1-2H3/t25-/m1/s1. The molecule has 28 heavy (non-hydrogen) atoms. The molecule has 1 atom stereocenters. The highest BCUT2D eigenvalue weighted by Gasteiger charge is 2.06. The second-order valence-corrected chi connectivity index (χ2v) is 8.93. The van der Waals surface area contributed by atoms with E-state index in [9.17, 15) is 9.90 Å². The highest BCUT2D eigenvalue weighted by molar-refractivity contribution is 5.78. The number of ketones is 1. The zero-order chi connectivity index (χ0) is 20.7. The molecule has 0 aromatic carbocycles. The summed E-state index contributed by atoms with van der Waals surface area (Å²) in [6.07, 6.45) is 26.5. The van der Waals surface area contributed by atoms with Gasteiger partial charge < -0.3 is 5.11 Å². The van der Waals surface area contributed by atoms with Gasteiger partial charge in [0.05, 0.1) is 6.10 Å². The van der Waals surface area contributed by atoms with Gasteiger partial charge in [0.25, 0.3) is 0 Å². The predicted molar refractivity (Wildman–Crippen MR) is 124 cm³/mol. The SMILES string of the molecule is CCCCCCCCCCCCCCCCCC(=O)CCC[C@H](O)CCCC. The van der Waals surface area contributed by atoms with Crippen LogP contribution >= 0.6 is 0 Å². The Kier molecular flexibility index (Phi) is 22.6. The molecule has 2 nitrogen and oxygen atoms in total. The minimum Gasteiger partial charge on any atom is -0.393 e. The van der Waals surface area contributed by atoms with Crippen LogP contribution in [0.15, 0.2) is 0 Å². The number of unbranched alkanes of at least 4 members (excludes halogenated alkanes) is 15. The molecule has 0 aromatic rings. The third-order valence-corrected chi connectivity index (χ3v) is 5.94. The van der Waals surface area contributed by atoms with Crippen LogP contribution in [0.2, 0.25) is 0 Å². The zero-order valence-electron chi connectivity index (χ0n) is 19.5. The van der Waals surface area contributed by atoms with Gasteiger partial charge in [0.1, 0.15) is 5.78 Å². The maximum Gasteiger partial charge on any atom is 0.132 e. The summed E-state index contributed by atoms with van der Waals surface area (Å²) in [5, 5.41) is 9.80. The van der Waals surface area contributed by atoms with Crippen LogP contribution in [0.3, 0.4) is 0 Å². The first kappa shape index (κ1) is 27.6. The summed E-state index contributed by atoms with van der Waals surface area (Å²) in [7, 11) is 0. The fourth-order valence-electron chi connectivity index (χ4n) is 3.94. The molecule has 2 heteroatoms. The molecule has 0 spiro atoms. The summed E-state index contributed by atoms with van der Waals surface area (Å²) in [4.78, 5) is 11.9. The summed E-state index contributed by atoms with van der Waals surface area (Å²) in [5.74, 6) is 0.400. The van der Waals surface area contributed by atoms with Gasteiger partial charge in [0.15, 0.2) is 0 Å². The summed E-state index contributed by atoms with van der Waals surface area (Å²) in [6.45, 7) is 4.43. The Hall–Kier alpha value is -0.370. The fourth-order valence-corrected chi connectivity index (χ4v) is 3.94. The van der Waals surface area contributed by atoms with Crippen LogP contribution in [0.1, 0.15) is 155 Å². The first-order valence-corrected chi connectivity index (χ1v) is 12.9. The molecular formula is C26H52O2. The molecule has 0 fully saturated rings. The first-order chi connectivity index (χ1) is 13.7. The second kappa shape index (κ2) is 22.9. The van der Waals surface area contributed by atoms with Crippen molar-refractivity contribution in [3.8, 4) is 0 Å². The number of carbonyl (C=O) groups is 1. The van der Waals surface area contributed by atoms with E-state index in [2.05, 4.69) is 13.8 Å². The molecule has 0 saturated heterocycles. The predicted octanol–water partition coefficient (Wildman–Crippen LogP) is 8.54. The van der Waals surface area contributed by atoms with Crippen LogP contribution in [0.25, 0.3) is 0 Å². The van der Waals surface area contributed by atoms with E-state index in [-0.39, 0.29) is 6.10 Å². The Balaban J connectivity index is 3.19. The smallest absolute Gasteiger partial charge is 0.132 e. The van der Waals surface area contributed by atoms with E-state index in [1.54, 1.807) is 0 Å². The molecular weight excluding hydrogens is 344 g/mol. The van der Waals surface area contributed by atoms with Crippen molar-refractivity contribution in [3.63, 3.8) is 0 Å². The Labute approximate surface area is 177 Å². The van der Waals surface area contributed by atoms with Gasteiger partial charge >= 0.3 is 0 Å².